The predicted octanol–water partition coefficient (Wildman–Crippen LogP) is 9.62. The zero-order chi connectivity index (χ0) is 34.2. The van der Waals surface area contributed by atoms with Crippen LogP contribution in [0.4, 0.5) is 0 Å². The summed E-state index contributed by atoms with van der Waals surface area (Å²) < 4.78 is 6.71. The number of para-hydroxylation sites is 2. The molecule has 2 unspecified atom stereocenters. The minimum absolute atomic E-state index is 0.0567. The summed E-state index contributed by atoms with van der Waals surface area (Å²) in [5, 5.41) is 7.99. The summed E-state index contributed by atoms with van der Waals surface area (Å²) in [5.41, 5.74) is 12.9. The van der Waals surface area contributed by atoms with Crippen LogP contribution in [0.1, 0.15) is 45.2 Å². The molecule has 244 valence electrons. The molecule has 0 fully saturated rings. The van der Waals surface area contributed by atoms with Crippen LogP contribution in [0.2, 0.25) is 0 Å². The first kappa shape index (κ1) is 29.5. The van der Waals surface area contributed by atoms with Gasteiger partial charge in [0.15, 0.2) is 8.07 Å². The van der Waals surface area contributed by atoms with E-state index >= 15 is 0 Å². The molecule has 1 nitrogen and oxygen atoms in total. The number of hydrogen-bond acceptors (Lipinski definition) is 1. The normalized spacial score (nSPS) is 15.7. The fourth-order valence-corrected chi connectivity index (χ4v) is 14.9. The van der Waals surface area contributed by atoms with Crippen LogP contribution >= 0.6 is 0 Å². The number of benzene rings is 8. The second-order valence-corrected chi connectivity index (χ2v) is 18.0. The van der Waals surface area contributed by atoms with Crippen LogP contribution in [-0.2, 0) is 0 Å². The number of furan rings is 1. The Balaban J connectivity index is 1.26. The SMILES string of the molecule is c1ccc([Si](c2ccccc2)(c2ccccc2)c2cccc3c2C2c4ccccc4C3c3cccc(-c4cccc5c4oc4ccccc45)c32)cc1. The molecular weight excluding hydrogens is 645 g/mol. The number of fused-ring (bicyclic) bond motifs is 3. The second-order valence-electron chi connectivity index (χ2n) is 14.2. The van der Waals surface area contributed by atoms with Crippen molar-refractivity contribution >= 4 is 50.8 Å². The van der Waals surface area contributed by atoms with E-state index in [1.807, 2.05) is 0 Å². The molecule has 1 aromatic heterocycles. The summed E-state index contributed by atoms with van der Waals surface area (Å²) in [6, 6.07) is 72.6. The molecule has 0 amide bonds. The van der Waals surface area contributed by atoms with Gasteiger partial charge in [0, 0.05) is 28.2 Å². The molecule has 12 rings (SSSR count). The Kier molecular flexibility index (Phi) is 6.47. The van der Waals surface area contributed by atoms with Gasteiger partial charge in [-0.1, -0.05) is 188 Å². The lowest BCUT2D eigenvalue weighted by molar-refractivity contribution is 0.669. The standard InChI is InChI=1S/C50H34OSi/c1-4-17-33(18-5-1)52(34-19-6-2-7-20-34,35-21-8-3-9-22-35)45-32-16-30-43-46-37-24-10-11-25-38(37)49(48(43)45)47-39(26-14-29-42(46)47)41-28-15-27-40-36-23-12-13-31-44(36)51-50(40)41/h1-32,46,49H. The lowest BCUT2D eigenvalue weighted by Crippen LogP contribution is -2.75. The van der Waals surface area contributed by atoms with E-state index < -0.39 is 8.07 Å². The van der Waals surface area contributed by atoms with Crippen LogP contribution in [0.25, 0.3) is 33.1 Å². The average molecular weight is 679 g/mol. The van der Waals surface area contributed by atoms with Crippen LogP contribution < -0.4 is 20.7 Å². The van der Waals surface area contributed by atoms with Crippen molar-refractivity contribution in [1.82, 2.24) is 0 Å². The molecule has 0 radical (unpaired) electrons. The minimum atomic E-state index is -2.84. The maximum Gasteiger partial charge on any atom is 0.179 e. The van der Waals surface area contributed by atoms with Gasteiger partial charge in [-0.3, -0.25) is 0 Å². The van der Waals surface area contributed by atoms with E-state index in [2.05, 4.69) is 194 Å². The third-order valence-electron chi connectivity index (χ3n) is 11.8. The summed E-state index contributed by atoms with van der Waals surface area (Å²) in [7, 11) is -2.84. The molecule has 52 heavy (non-hydrogen) atoms. The van der Waals surface area contributed by atoms with Gasteiger partial charge in [0.25, 0.3) is 0 Å². The molecule has 0 saturated heterocycles. The van der Waals surface area contributed by atoms with Gasteiger partial charge < -0.3 is 4.42 Å². The first-order valence-corrected chi connectivity index (χ1v) is 20.3. The van der Waals surface area contributed by atoms with E-state index in [0.717, 1.165) is 27.5 Å². The van der Waals surface area contributed by atoms with Crippen molar-refractivity contribution in [2.24, 2.45) is 0 Å². The molecule has 2 bridgehead atoms. The Morgan fingerprint density at radius 1 is 0.346 bits per heavy atom. The van der Waals surface area contributed by atoms with Crippen molar-refractivity contribution in [3.8, 4) is 11.1 Å². The maximum absolute atomic E-state index is 6.71. The van der Waals surface area contributed by atoms with E-state index in [-0.39, 0.29) is 11.8 Å². The smallest absolute Gasteiger partial charge is 0.179 e. The van der Waals surface area contributed by atoms with Crippen LogP contribution in [-0.4, -0.2) is 8.07 Å². The fourth-order valence-electron chi connectivity index (χ4n) is 9.86. The number of hydrogen-bond donors (Lipinski definition) is 0. The summed E-state index contributed by atoms with van der Waals surface area (Å²) in [4.78, 5) is 0. The third kappa shape index (κ3) is 3.99. The first-order chi connectivity index (χ1) is 25.8. The van der Waals surface area contributed by atoms with Crippen LogP contribution in [0, 0.1) is 0 Å². The average Bonchev–Trinajstić information content (AvgIpc) is 3.61. The monoisotopic (exact) mass is 678 g/mol. The molecule has 3 aliphatic rings. The van der Waals surface area contributed by atoms with E-state index in [1.165, 1.54) is 59.7 Å². The predicted molar refractivity (Wildman–Crippen MR) is 218 cm³/mol. The quantitative estimate of drug-likeness (QED) is 0.131. The van der Waals surface area contributed by atoms with Gasteiger partial charge in [-0.15, -0.1) is 0 Å². The Labute approximate surface area is 304 Å². The summed E-state index contributed by atoms with van der Waals surface area (Å²) in [5.74, 6) is 0.191. The highest BCUT2D eigenvalue weighted by Crippen LogP contribution is 2.58. The summed E-state index contributed by atoms with van der Waals surface area (Å²) in [6.45, 7) is 0. The Morgan fingerprint density at radius 3 is 1.50 bits per heavy atom. The maximum atomic E-state index is 6.71. The zero-order valence-electron chi connectivity index (χ0n) is 28.5. The first-order valence-electron chi connectivity index (χ1n) is 18.3. The number of rotatable bonds is 5. The summed E-state index contributed by atoms with van der Waals surface area (Å²) in [6.07, 6.45) is 0. The van der Waals surface area contributed by atoms with Crippen molar-refractivity contribution < 1.29 is 4.42 Å². The molecule has 0 spiro atoms. The molecule has 9 aromatic rings. The van der Waals surface area contributed by atoms with Gasteiger partial charge in [0.1, 0.15) is 11.2 Å². The fraction of sp³-hybridized carbons (Fsp3) is 0.0400. The van der Waals surface area contributed by atoms with Crippen molar-refractivity contribution in [3.63, 3.8) is 0 Å². The highest BCUT2D eigenvalue weighted by molar-refractivity contribution is 7.20. The van der Waals surface area contributed by atoms with Gasteiger partial charge in [-0.05, 0) is 65.8 Å². The molecule has 2 heteroatoms. The van der Waals surface area contributed by atoms with Crippen LogP contribution in [0.5, 0.6) is 0 Å². The van der Waals surface area contributed by atoms with E-state index in [9.17, 15) is 0 Å². The second kappa shape index (κ2) is 11.4. The van der Waals surface area contributed by atoms with Gasteiger partial charge in [0.05, 0.1) is 0 Å². The van der Waals surface area contributed by atoms with Gasteiger partial charge in [-0.25, -0.2) is 0 Å². The molecule has 8 aromatic carbocycles. The lowest BCUT2D eigenvalue weighted by Gasteiger charge is -2.47. The minimum Gasteiger partial charge on any atom is -0.455 e. The molecule has 2 atom stereocenters. The topological polar surface area (TPSA) is 13.1 Å². The van der Waals surface area contributed by atoms with Gasteiger partial charge in [0.2, 0.25) is 0 Å². The van der Waals surface area contributed by atoms with Crippen molar-refractivity contribution in [2.75, 3.05) is 0 Å². The molecule has 3 aliphatic carbocycles. The summed E-state index contributed by atoms with van der Waals surface area (Å²) >= 11 is 0. The van der Waals surface area contributed by atoms with Gasteiger partial charge >= 0.3 is 0 Å². The lowest BCUT2D eigenvalue weighted by atomic mass is 9.60. The van der Waals surface area contributed by atoms with Crippen LogP contribution in [0.15, 0.2) is 199 Å². The van der Waals surface area contributed by atoms with E-state index in [0.29, 0.717) is 0 Å². The van der Waals surface area contributed by atoms with Crippen molar-refractivity contribution in [1.29, 1.82) is 0 Å². The van der Waals surface area contributed by atoms with Crippen molar-refractivity contribution in [3.05, 3.63) is 228 Å². The molecule has 0 aliphatic heterocycles. The highest BCUT2D eigenvalue weighted by atomic mass is 28.3. The van der Waals surface area contributed by atoms with Crippen molar-refractivity contribution in [2.45, 2.75) is 11.8 Å². The largest absolute Gasteiger partial charge is 0.455 e. The van der Waals surface area contributed by atoms with Crippen LogP contribution in [0.3, 0.4) is 0 Å². The molecular formula is C50H34OSi. The van der Waals surface area contributed by atoms with Gasteiger partial charge in [-0.2, -0.15) is 0 Å². The molecule has 0 saturated carbocycles. The molecule has 0 N–H and O–H groups in total. The Morgan fingerprint density at radius 2 is 0.827 bits per heavy atom. The Bertz CT molecular complexity index is 2700. The van der Waals surface area contributed by atoms with E-state index in [1.54, 1.807) is 0 Å². The molecule has 1 heterocycles. The zero-order valence-corrected chi connectivity index (χ0v) is 29.5. The highest BCUT2D eigenvalue weighted by Gasteiger charge is 2.49. The van der Waals surface area contributed by atoms with E-state index in [4.69, 9.17) is 4.42 Å². The Hall–Kier alpha value is -6.22. The third-order valence-corrected chi connectivity index (χ3v) is 16.7.